The SMILES string of the molecule is Cc1cc(CNC(=O)c2cc(S(=O)(=O)N3CCCCC3)ccc2N2CCOCC2)ccc1F. The summed E-state index contributed by atoms with van der Waals surface area (Å²) in [6.45, 7) is 5.22. The van der Waals surface area contributed by atoms with Crippen molar-refractivity contribution in [3.63, 3.8) is 0 Å². The van der Waals surface area contributed by atoms with Crippen LogP contribution in [0.25, 0.3) is 0 Å². The summed E-state index contributed by atoms with van der Waals surface area (Å²) in [4.78, 5) is 15.4. The molecular weight excluding hydrogens is 445 g/mol. The van der Waals surface area contributed by atoms with E-state index in [1.54, 1.807) is 31.2 Å². The molecule has 2 aromatic carbocycles. The molecule has 7 nitrogen and oxygen atoms in total. The number of rotatable bonds is 6. The summed E-state index contributed by atoms with van der Waals surface area (Å²) >= 11 is 0. The van der Waals surface area contributed by atoms with Gasteiger partial charge in [-0.2, -0.15) is 4.31 Å². The average Bonchev–Trinajstić information content (AvgIpc) is 2.85. The van der Waals surface area contributed by atoms with Gasteiger partial charge in [0.2, 0.25) is 10.0 Å². The first-order chi connectivity index (χ1) is 15.9. The van der Waals surface area contributed by atoms with Gasteiger partial charge in [0, 0.05) is 38.4 Å². The van der Waals surface area contributed by atoms with E-state index in [4.69, 9.17) is 4.74 Å². The van der Waals surface area contributed by atoms with E-state index in [2.05, 4.69) is 5.32 Å². The molecule has 0 radical (unpaired) electrons. The molecule has 2 saturated heterocycles. The lowest BCUT2D eigenvalue weighted by Gasteiger charge is -2.31. The van der Waals surface area contributed by atoms with Gasteiger partial charge in [0.25, 0.3) is 5.91 Å². The van der Waals surface area contributed by atoms with Crippen LogP contribution in [0.3, 0.4) is 0 Å². The molecule has 0 atom stereocenters. The van der Waals surface area contributed by atoms with Crippen molar-refractivity contribution in [1.82, 2.24) is 9.62 Å². The molecule has 2 aliphatic rings. The Hall–Kier alpha value is -2.49. The molecule has 0 bridgehead atoms. The topological polar surface area (TPSA) is 79.0 Å². The predicted molar refractivity (Wildman–Crippen MR) is 124 cm³/mol. The fourth-order valence-electron chi connectivity index (χ4n) is 4.29. The number of aryl methyl sites for hydroxylation is 1. The molecule has 178 valence electrons. The van der Waals surface area contributed by atoms with Crippen LogP contribution in [0.1, 0.15) is 40.7 Å². The first-order valence-corrected chi connectivity index (χ1v) is 12.8. The van der Waals surface area contributed by atoms with Gasteiger partial charge in [0.05, 0.1) is 23.7 Å². The molecule has 2 aromatic rings. The summed E-state index contributed by atoms with van der Waals surface area (Å²) in [6, 6.07) is 9.49. The number of benzene rings is 2. The molecule has 0 spiro atoms. The van der Waals surface area contributed by atoms with Gasteiger partial charge < -0.3 is 15.0 Å². The number of nitrogens with zero attached hydrogens (tertiary/aromatic N) is 2. The number of carbonyl (C=O) groups excluding carboxylic acids is 1. The first-order valence-electron chi connectivity index (χ1n) is 11.4. The first kappa shape index (κ1) is 23.7. The van der Waals surface area contributed by atoms with Crippen molar-refractivity contribution >= 4 is 21.6 Å². The highest BCUT2D eigenvalue weighted by Gasteiger charge is 2.28. The Labute approximate surface area is 194 Å². The smallest absolute Gasteiger partial charge is 0.253 e. The Kier molecular flexibility index (Phi) is 7.31. The third kappa shape index (κ3) is 5.37. The molecular formula is C24H30FN3O4S. The largest absolute Gasteiger partial charge is 0.378 e. The maximum Gasteiger partial charge on any atom is 0.253 e. The van der Waals surface area contributed by atoms with Crippen LogP contribution in [0.4, 0.5) is 10.1 Å². The van der Waals surface area contributed by atoms with Crippen molar-refractivity contribution in [1.29, 1.82) is 0 Å². The summed E-state index contributed by atoms with van der Waals surface area (Å²) < 4.78 is 46.9. The third-order valence-corrected chi connectivity index (χ3v) is 8.09. The number of halogens is 1. The second-order valence-electron chi connectivity index (χ2n) is 8.51. The predicted octanol–water partition coefficient (Wildman–Crippen LogP) is 3.08. The Bertz CT molecular complexity index is 1110. The molecule has 1 amide bonds. The standard InChI is InChI=1S/C24H30FN3O4S/c1-18-15-19(5-7-22(18)25)17-26-24(29)21-16-20(33(30,31)28-9-3-2-4-10-28)6-8-23(21)27-11-13-32-14-12-27/h5-8,15-16H,2-4,9-14,17H2,1H3,(H,26,29). The number of amides is 1. The minimum absolute atomic E-state index is 0.129. The quantitative estimate of drug-likeness (QED) is 0.695. The van der Waals surface area contributed by atoms with Crippen LogP contribution in [-0.4, -0.2) is 58.0 Å². The van der Waals surface area contributed by atoms with E-state index in [1.165, 1.54) is 16.4 Å². The van der Waals surface area contributed by atoms with Crippen molar-refractivity contribution in [3.8, 4) is 0 Å². The van der Waals surface area contributed by atoms with E-state index in [-0.39, 0.29) is 23.2 Å². The molecule has 0 unspecified atom stereocenters. The maximum atomic E-state index is 13.6. The Morgan fingerprint density at radius 2 is 1.76 bits per heavy atom. The van der Waals surface area contributed by atoms with Gasteiger partial charge in [-0.15, -0.1) is 0 Å². The van der Waals surface area contributed by atoms with Gasteiger partial charge in [-0.1, -0.05) is 18.6 Å². The Balaban J connectivity index is 1.62. The van der Waals surface area contributed by atoms with E-state index in [0.29, 0.717) is 56.2 Å². The Morgan fingerprint density at radius 3 is 2.45 bits per heavy atom. The van der Waals surface area contributed by atoms with Gasteiger partial charge in [0.15, 0.2) is 0 Å². The highest BCUT2D eigenvalue weighted by atomic mass is 32.2. The molecule has 0 aliphatic carbocycles. The minimum Gasteiger partial charge on any atom is -0.378 e. The van der Waals surface area contributed by atoms with E-state index < -0.39 is 10.0 Å². The lowest BCUT2D eigenvalue weighted by molar-refractivity contribution is 0.0949. The van der Waals surface area contributed by atoms with E-state index in [1.807, 2.05) is 4.90 Å². The molecule has 1 N–H and O–H groups in total. The molecule has 2 fully saturated rings. The number of hydrogen-bond donors (Lipinski definition) is 1. The zero-order valence-electron chi connectivity index (χ0n) is 18.8. The van der Waals surface area contributed by atoms with Gasteiger partial charge in [-0.05, 0) is 55.2 Å². The number of hydrogen-bond acceptors (Lipinski definition) is 5. The second-order valence-corrected chi connectivity index (χ2v) is 10.4. The number of anilines is 1. The summed E-state index contributed by atoms with van der Waals surface area (Å²) in [5.41, 5.74) is 2.27. The number of ether oxygens (including phenoxy) is 1. The molecule has 2 heterocycles. The average molecular weight is 476 g/mol. The molecule has 0 aromatic heterocycles. The molecule has 33 heavy (non-hydrogen) atoms. The minimum atomic E-state index is -3.67. The third-order valence-electron chi connectivity index (χ3n) is 6.19. The number of nitrogens with one attached hydrogen (secondary N) is 1. The van der Waals surface area contributed by atoms with E-state index in [9.17, 15) is 17.6 Å². The van der Waals surface area contributed by atoms with Gasteiger partial charge in [-0.3, -0.25) is 4.79 Å². The fourth-order valence-corrected chi connectivity index (χ4v) is 5.83. The van der Waals surface area contributed by atoms with Crippen LogP contribution in [0.15, 0.2) is 41.3 Å². The molecule has 2 aliphatic heterocycles. The summed E-state index contributed by atoms with van der Waals surface area (Å²) in [7, 11) is -3.67. The molecule has 4 rings (SSSR count). The van der Waals surface area contributed by atoms with Gasteiger partial charge >= 0.3 is 0 Å². The van der Waals surface area contributed by atoms with E-state index >= 15 is 0 Å². The number of carbonyl (C=O) groups is 1. The molecule has 0 saturated carbocycles. The zero-order chi connectivity index (χ0) is 23.4. The van der Waals surface area contributed by atoms with Crippen LogP contribution in [0, 0.1) is 12.7 Å². The highest BCUT2D eigenvalue weighted by Crippen LogP contribution is 2.28. The van der Waals surface area contributed by atoms with Crippen LogP contribution in [-0.2, 0) is 21.3 Å². The van der Waals surface area contributed by atoms with Crippen LogP contribution in [0.2, 0.25) is 0 Å². The normalized spacial score (nSPS) is 17.7. The molecule has 9 heteroatoms. The van der Waals surface area contributed by atoms with Crippen LogP contribution in [0.5, 0.6) is 0 Å². The monoisotopic (exact) mass is 475 g/mol. The lowest BCUT2D eigenvalue weighted by Crippen LogP contribution is -2.38. The highest BCUT2D eigenvalue weighted by molar-refractivity contribution is 7.89. The van der Waals surface area contributed by atoms with Crippen molar-refractivity contribution in [2.75, 3.05) is 44.3 Å². The summed E-state index contributed by atoms with van der Waals surface area (Å²) in [6.07, 6.45) is 2.71. The van der Waals surface area contributed by atoms with Crippen molar-refractivity contribution in [2.45, 2.75) is 37.6 Å². The lowest BCUT2D eigenvalue weighted by atomic mass is 10.1. The zero-order valence-corrected chi connectivity index (χ0v) is 19.7. The van der Waals surface area contributed by atoms with E-state index in [0.717, 1.165) is 24.8 Å². The number of piperidine rings is 1. The summed E-state index contributed by atoms with van der Waals surface area (Å²) in [5, 5.41) is 2.87. The van der Waals surface area contributed by atoms with Gasteiger partial charge in [0.1, 0.15) is 5.82 Å². The second kappa shape index (κ2) is 10.2. The number of morpholine rings is 1. The van der Waals surface area contributed by atoms with Crippen LogP contribution >= 0.6 is 0 Å². The number of sulfonamides is 1. The van der Waals surface area contributed by atoms with Gasteiger partial charge in [-0.25, -0.2) is 12.8 Å². The fraction of sp³-hybridized carbons (Fsp3) is 0.458. The van der Waals surface area contributed by atoms with Crippen LogP contribution < -0.4 is 10.2 Å². The summed E-state index contributed by atoms with van der Waals surface area (Å²) in [5.74, 6) is -0.663. The van der Waals surface area contributed by atoms with Crippen molar-refractivity contribution < 1.29 is 22.3 Å². The Morgan fingerprint density at radius 1 is 1.03 bits per heavy atom. The van der Waals surface area contributed by atoms with Crippen molar-refractivity contribution in [2.24, 2.45) is 0 Å². The maximum absolute atomic E-state index is 13.6. The van der Waals surface area contributed by atoms with Crippen molar-refractivity contribution in [3.05, 3.63) is 58.9 Å².